The maximum Gasteiger partial charge on any atom is 0.358 e. The van der Waals surface area contributed by atoms with Crippen LogP contribution in [0.25, 0.3) is 11.4 Å². The summed E-state index contributed by atoms with van der Waals surface area (Å²) in [6, 6.07) is 15.7. The van der Waals surface area contributed by atoms with Gasteiger partial charge in [0, 0.05) is 29.8 Å². The van der Waals surface area contributed by atoms with Gasteiger partial charge in [0.1, 0.15) is 17.3 Å². The van der Waals surface area contributed by atoms with E-state index in [2.05, 4.69) is 20.7 Å². The predicted octanol–water partition coefficient (Wildman–Crippen LogP) is 2.82. The molecule has 0 spiro atoms. The van der Waals surface area contributed by atoms with Crippen molar-refractivity contribution in [1.82, 2.24) is 24.6 Å². The maximum absolute atomic E-state index is 13.1. The molecule has 1 amide bonds. The summed E-state index contributed by atoms with van der Waals surface area (Å²) in [6.45, 7) is 0.628. The summed E-state index contributed by atoms with van der Waals surface area (Å²) in [5.41, 5.74) is 2.30. The van der Waals surface area contributed by atoms with E-state index in [0.29, 0.717) is 23.7 Å². The zero-order valence-corrected chi connectivity index (χ0v) is 19.0. The van der Waals surface area contributed by atoms with Gasteiger partial charge in [-0.15, -0.1) is 0 Å². The first-order valence-corrected chi connectivity index (χ1v) is 10.5. The van der Waals surface area contributed by atoms with Crippen LogP contribution in [0.4, 0.5) is 5.69 Å². The fraction of sp³-hybridized carbons (Fsp3) is 0.167. The average molecular weight is 460 g/mol. The summed E-state index contributed by atoms with van der Waals surface area (Å²) in [5, 5.41) is 10.2. The number of hydrogen-bond donors (Lipinski definition) is 2. The Hall–Kier alpha value is -4.44. The van der Waals surface area contributed by atoms with Crippen molar-refractivity contribution in [3.05, 3.63) is 84.2 Å². The van der Waals surface area contributed by atoms with E-state index < -0.39 is 11.9 Å². The molecule has 10 heteroatoms. The van der Waals surface area contributed by atoms with E-state index in [-0.39, 0.29) is 11.4 Å². The van der Waals surface area contributed by atoms with Crippen LogP contribution >= 0.6 is 0 Å². The number of hydrogen-bond acceptors (Lipinski definition) is 7. The lowest BCUT2D eigenvalue weighted by Gasteiger charge is -2.11. The number of methoxy groups -OCH3 is 2. The van der Waals surface area contributed by atoms with E-state index >= 15 is 0 Å². The molecule has 4 rings (SSSR count). The van der Waals surface area contributed by atoms with Crippen LogP contribution in [-0.2, 0) is 11.3 Å². The van der Waals surface area contributed by atoms with Gasteiger partial charge >= 0.3 is 5.97 Å². The van der Waals surface area contributed by atoms with E-state index in [1.165, 1.54) is 17.9 Å². The largest absolute Gasteiger partial charge is 0.497 e. The molecule has 0 bridgehead atoms. The Morgan fingerprint density at radius 2 is 1.71 bits per heavy atom. The fourth-order valence-corrected chi connectivity index (χ4v) is 3.43. The molecule has 2 heterocycles. The third-order valence-corrected chi connectivity index (χ3v) is 5.11. The summed E-state index contributed by atoms with van der Waals surface area (Å²) in [7, 11) is 4.69. The number of imidazole rings is 1. The van der Waals surface area contributed by atoms with Crippen LogP contribution in [0, 0.1) is 0 Å². The SMILES string of the molecule is CNCc1nccn1-c1ccc(NC(=O)c2cc(C(=O)OC)nn2-c2ccc(OC)cc2)cc1. The Balaban J connectivity index is 1.60. The standard InChI is InChI=1S/C24H24N6O4/c1-25-15-22-26-12-13-29(22)17-6-4-16(5-7-17)27-23(31)21-14-20(24(32)34-3)28-30(21)18-8-10-19(33-2)11-9-18/h4-14,25H,15H2,1-3H3,(H,27,31). The highest BCUT2D eigenvalue weighted by Gasteiger charge is 2.21. The Bertz CT molecular complexity index is 1290. The summed E-state index contributed by atoms with van der Waals surface area (Å²) in [5.74, 6) is 0.470. The highest BCUT2D eigenvalue weighted by atomic mass is 16.5. The number of nitrogens with one attached hydrogen (secondary N) is 2. The number of ether oxygens (including phenoxy) is 2. The molecule has 0 aliphatic carbocycles. The summed E-state index contributed by atoms with van der Waals surface area (Å²) >= 11 is 0. The number of carbonyl (C=O) groups is 2. The lowest BCUT2D eigenvalue weighted by Crippen LogP contribution is -2.17. The highest BCUT2D eigenvalue weighted by Crippen LogP contribution is 2.20. The molecular weight excluding hydrogens is 436 g/mol. The Kier molecular flexibility index (Phi) is 6.69. The Morgan fingerprint density at radius 3 is 2.35 bits per heavy atom. The molecule has 2 N–H and O–H groups in total. The van der Waals surface area contributed by atoms with E-state index in [1.807, 2.05) is 29.9 Å². The zero-order valence-electron chi connectivity index (χ0n) is 19.0. The number of amides is 1. The lowest BCUT2D eigenvalue weighted by atomic mass is 10.2. The molecule has 0 radical (unpaired) electrons. The number of carbonyl (C=O) groups excluding carboxylic acids is 2. The number of rotatable bonds is 8. The molecule has 2 aromatic heterocycles. The number of anilines is 1. The van der Waals surface area contributed by atoms with Gasteiger partial charge in [0.15, 0.2) is 5.69 Å². The Morgan fingerprint density at radius 1 is 1.00 bits per heavy atom. The maximum atomic E-state index is 13.1. The minimum atomic E-state index is -0.636. The summed E-state index contributed by atoms with van der Waals surface area (Å²) in [4.78, 5) is 29.5. The molecule has 0 fully saturated rings. The predicted molar refractivity (Wildman–Crippen MR) is 126 cm³/mol. The van der Waals surface area contributed by atoms with Crippen LogP contribution in [0.3, 0.4) is 0 Å². The third kappa shape index (κ3) is 4.66. The van der Waals surface area contributed by atoms with Gasteiger partial charge in [-0.2, -0.15) is 5.10 Å². The van der Waals surface area contributed by atoms with Crippen molar-refractivity contribution in [2.24, 2.45) is 0 Å². The minimum absolute atomic E-state index is 0.0241. The molecule has 2 aromatic carbocycles. The lowest BCUT2D eigenvalue weighted by molar-refractivity contribution is 0.0593. The molecule has 0 aliphatic heterocycles. The second kappa shape index (κ2) is 10.0. The molecule has 0 saturated heterocycles. The van der Waals surface area contributed by atoms with Crippen LogP contribution in [-0.4, -0.2) is 52.5 Å². The monoisotopic (exact) mass is 460 g/mol. The van der Waals surface area contributed by atoms with Crippen LogP contribution < -0.4 is 15.4 Å². The first kappa shape index (κ1) is 22.7. The van der Waals surface area contributed by atoms with Crippen molar-refractivity contribution < 1.29 is 19.1 Å². The second-order valence-corrected chi connectivity index (χ2v) is 7.26. The summed E-state index contributed by atoms with van der Waals surface area (Å²) in [6.07, 6.45) is 3.61. The topological polar surface area (TPSA) is 112 Å². The quantitative estimate of drug-likeness (QED) is 0.389. The first-order valence-electron chi connectivity index (χ1n) is 10.5. The fourth-order valence-electron chi connectivity index (χ4n) is 3.43. The van der Waals surface area contributed by atoms with Gasteiger partial charge in [-0.05, 0) is 55.6 Å². The van der Waals surface area contributed by atoms with Gasteiger partial charge in [0.05, 0.1) is 26.5 Å². The molecule has 0 unspecified atom stereocenters. The molecule has 0 atom stereocenters. The molecule has 4 aromatic rings. The molecule has 10 nitrogen and oxygen atoms in total. The van der Waals surface area contributed by atoms with Gasteiger partial charge in [0.2, 0.25) is 0 Å². The number of esters is 1. The van der Waals surface area contributed by atoms with E-state index in [1.54, 1.807) is 49.7 Å². The van der Waals surface area contributed by atoms with Crippen molar-refractivity contribution in [2.75, 3.05) is 26.6 Å². The minimum Gasteiger partial charge on any atom is -0.497 e. The van der Waals surface area contributed by atoms with Gasteiger partial charge < -0.3 is 24.7 Å². The van der Waals surface area contributed by atoms with Gasteiger partial charge in [0.25, 0.3) is 5.91 Å². The van der Waals surface area contributed by atoms with Gasteiger partial charge in [-0.3, -0.25) is 4.79 Å². The number of nitrogens with zero attached hydrogens (tertiary/aromatic N) is 4. The Labute approximate surface area is 196 Å². The summed E-state index contributed by atoms with van der Waals surface area (Å²) < 4.78 is 13.3. The molecule has 0 saturated carbocycles. The van der Waals surface area contributed by atoms with Crippen molar-refractivity contribution in [3.63, 3.8) is 0 Å². The van der Waals surface area contributed by atoms with Crippen LogP contribution in [0.5, 0.6) is 5.75 Å². The van der Waals surface area contributed by atoms with Crippen LogP contribution in [0.15, 0.2) is 67.0 Å². The first-order chi connectivity index (χ1) is 16.5. The highest BCUT2D eigenvalue weighted by molar-refractivity contribution is 6.04. The number of benzene rings is 2. The van der Waals surface area contributed by atoms with Crippen molar-refractivity contribution >= 4 is 17.6 Å². The van der Waals surface area contributed by atoms with E-state index in [9.17, 15) is 9.59 Å². The third-order valence-electron chi connectivity index (χ3n) is 5.11. The van der Waals surface area contributed by atoms with Crippen LogP contribution in [0.1, 0.15) is 26.8 Å². The molecule has 0 aliphatic rings. The van der Waals surface area contributed by atoms with E-state index in [0.717, 1.165) is 11.5 Å². The number of aromatic nitrogens is 4. The van der Waals surface area contributed by atoms with Gasteiger partial charge in [-0.25, -0.2) is 14.5 Å². The molecule has 34 heavy (non-hydrogen) atoms. The van der Waals surface area contributed by atoms with Crippen molar-refractivity contribution in [1.29, 1.82) is 0 Å². The van der Waals surface area contributed by atoms with Gasteiger partial charge in [-0.1, -0.05) is 0 Å². The smallest absolute Gasteiger partial charge is 0.358 e. The second-order valence-electron chi connectivity index (χ2n) is 7.26. The van der Waals surface area contributed by atoms with Crippen molar-refractivity contribution in [2.45, 2.75) is 6.54 Å². The zero-order chi connectivity index (χ0) is 24.1. The normalized spacial score (nSPS) is 10.7. The van der Waals surface area contributed by atoms with Crippen molar-refractivity contribution in [3.8, 4) is 17.1 Å². The molecular formula is C24H24N6O4. The molecule has 174 valence electrons. The van der Waals surface area contributed by atoms with Crippen LogP contribution in [0.2, 0.25) is 0 Å². The average Bonchev–Trinajstić information content (AvgIpc) is 3.52. The van der Waals surface area contributed by atoms with E-state index in [4.69, 9.17) is 9.47 Å².